The third-order valence-corrected chi connectivity index (χ3v) is 5.74. The molecule has 2 nitrogen and oxygen atoms in total. The fourth-order valence-corrected chi connectivity index (χ4v) is 5.30. The zero-order chi connectivity index (χ0) is 15.9. The largest absolute Gasteiger partial charge is 0.304 e. The first kappa shape index (κ1) is 14.9. The summed E-state index contributed by atoms with van der Waals surface area (Å²) in [7, 11) is 4.58. The minimum Gasteiger partial charge on any atom is -0.304 e. The van der Waals surface area contributed by atoms with Gasteiger partial charge in [0.05, 0.1) is 0 Å². The van der Waals surface area contributed by atoms with Gasteiger partial charge in [0.1, 0.15) is 0 Å². The number of likely N-dealkylation sites (tertiary alicyclic amines) is 2. The number of hydrogen-bond donors (Lipinski definition) is 0. The monoisotopic (exact) mass is 306 g/mol. The summed E-state index contributed by atoms with van der Waals surface area (Å²) in [5.41, 5.74) is 3.46. The van der Waals surface area contributed by atoms with Crippen LogP contribution in [0.2, 0.25) is 0 Å². The lowest BCUT2D eigenvalue weighted by Gasteiger charge is -2.58. The lowest BCUT2D eigenvalue weighted by atomic mass is 9.59. The fraction of sp³-hybridized carbons (Fsp3) is 0.429. The molecule has 120 valence electrons. The van der Waals surface area contributed by atoms with E-state index in [4.69, 9.17) is 0 Å². The number of rotatable bonds is 2. The van der Waals surface area contributed by atoms with Crippen molar-refractivity contribution in [2.75, 3.05) is 40.3 Å². The minimum atomic E-state index is 0.233. The fourth-order valence-electron chi connectivity index (χ4n) is 5.30. The molecule has 23 heavy (non-hydrogen) atoms. The van der Waals surface area contributed by atoms with Crippen molar-refractivity contribution >= 4 is 0 Å². The van der Waals surface area contributed by atoms with Crippen LogP contribution in [0, 0.1) is 0 Å². The van der Waals surface area contributed by atoms with Crippen LogP contribution < -0.4 is 0 Å². The molecule has 2 bridgehead atoms. The molecule has 4 rings (SSSR count). The van der Waals surface area contributed by atoms with Crippen molar-refractivity contribution in [3.05, 3.63) is 71.8 Å². The van der Waals surface area contributed by atoms with Crippen LogP contribution >= 0.6 is 0 Å². The number of benzene rings is 2. The Labute approximate surface area is 139 Å². The van der Waals surface area contributed by atoms with Gasteiger partial charge in [-0.3, -0.25) is 0 Å². The molecule has 0 amide bonds. The Hall–Kier alpha value is -1.64. The highest BCUT2D eigenvalue weighted by molar-refractivity contribution is 5.36. The summed E-state index contributed by atoms with van der Waals surface area (Å²) < 4.78 is 0. The average molecular weight is 306 g/mol. The zero-order valence-corrected chi connectivity index (χ0v) is 14.2. The highest BCUT2D eigenvalue weighted by atomic mass is 15.2. The molecule has 0 atom stereocenters. The second kappa shape index (κ2) is 5.47. The van der Waals surface area contributed by atoms with Crippen molar-refractivity contribution in [2.45, 2.75) is 17.3 Å². The molecule has 2 aliphatic rings. The number of fused-ring (bicyclic) bond motifs is 2. The molecule has 0 saturated carbocycles. The molecular weight excluding hydrogens is 280 g/mol. The van der Waals surface area contributed by atoms with E-state index in [0.717, 1.165) is 26.2 Å². The molecule has 0 unspecified atom stereocenters. The first-order valence-corrected chi connectivity index (χ1v) is 8.60. The molecular formula is C21H26N2. The molecule has 2 heteroatoms. The molecule has 0 aliphatic carbocycles. The van der Waals surface area contributed by atoms with Crippen LogP contribution in [0.1, 0.15) is 17.5 Å². The summed E-state index contributed by atoms with van der Waals surface area (Å²) in [6.07, 6.45) is 1.25. The average Bonchev–Trinajstić information content (AvgIpc) is 2.55. The van der Waals surface area contributed by atoms with Gasteiger partial charge >= 0.3 is 0 Å². The summed E-state index contributed by atoms with van der Waals surface area (Å²) >= 11 is 0. The SMILES string of the molecule is CN1CC2(c3ccccc3)CN(C)CC(c3ccccc3)(C1)C2. The van der Waals surface area contributed by atoms with E-state index in [-0.39, 0.29) is 10.8 Å². The second-order valence-corrected chi connectivity index (χ2v) is 7.81. The molecule has 2 aromatic rings. The van der Waals surface area contributed by atoms with E-state index < -0.39 is 0 Å². The molecule has 2 aromatic carbocycles. The Morgan fingerprint density at radius 3 is 1.30 bits per heavy atom. The number of piperidine rings is 2. The predicted molar refractivity (Wildman–Crippen MR) is 95.9 cm³/mol. The van der Waals surface area contributed by atoms with Crippen LogP contribution in [0.4, 0.5) is 0 Å². The van der Waals surface area contributed by atoms with Crippen LogP contribution in [-0.2, 0) is 10.8 Å². The third kappa shape index (κ3) is 2.50. The number of likely N-dealkylation sites (N-methyl/N-ethyl adjacent to an activating group) is 2. The second-order valence-electron chi connectivity index (χ2n) is 7.81. The third-order valence-electron chi connectivity index (χ3n) is 5.74. The van der Waals surface area contributed by atoms with Crippen molar-refractivity contribution in [2.24, 2.45) is 0 Å². The van der Waals surface area contributed by atoms with Gasteiger partial charge in [0.15, 0.2) is 0 Å². The van der Waals surface area contributed by atoms with Crippen molar-refractivity contribution in [3.63, 3.8) is 0 Å². The first-order chi connectivity index (χ1) is 11.1. The van der Waals surface area contributed by atoms with E-state index in [9.17, 15) is 0 Å². The van der Waals surface area contributed by atoms with Crippen LogP contribution in [-0.4, -0.2) is 50.1 Å². The Morgan fingerprint density at radius 1 is 0.609 bits per heavy atom. The molecule has 0 radical (unpaired) electrons. The van der Waals surface area contributed by atoms with Gasteiger partial charge in [-0.2, -0.15) is 0 Å². The van der Waals surface area contributed by atoms with E-state index in [0.29, 0.717) is 0 Å². The van der Waals surface area contributed by atoms with Gasteiger partial charge in [-0.25, -0.2) is 0 Å². The van der Waals surface area contributed by atoms with Crippen LogP contribution in [0.5, 0.6) is 0 Å². The molecule has 0 N–H and O–H groups in total. The van der Waals surface area contributed by atoms with E-state index in [2.05, 4.69) is 84.6 Å². The molecule has 0 spiro atoms. The summed E-state index contributed by atoms with van der Waals surface area (Å²) in [6, 6.07) is 22.3. The van der Waals surface area contributed by atoms with Gasteiger partial charge in [0.2, 0.25) is 0 Å². The van der Waals surface area contributed by atoms with Gasteiger partial charge < -0.3 is 9.80 Å². The van der Waals surface area contributed by atoms with Crippen molar-refractivity contribution in [1.29, 1.82) is 0 Å². The van der Waals surface area contributed by atoms with Crippen molar-refractivity contribution < 1.29 is 0 Å². The van der Waals surface area contributed by atoms with E-state index in [1.54, 1.807) is 0 Å². The Morgan fingerprint density at radius 2 is 0.957 bits per heavy atom. The highest BCUT2D eigenvalue weighted by Crippen LogP contribution is 2.48. The standard InChI is InChI=1S/C21H26N2/c1-22-14-20(18-9-5-3-6-10-18)13-21(15-22,17-23(2)16-20)19-11-7-4-8-12-19/h3-12H,13-17H2,1-2H3. The normalized spacial score (nSPS) is 31.9. The Bertz CT molecular complexity index is 593. The van der Waals surface area contributed by atoms with Crippen LogP contribution in [0.25, 0.3) is 0 Å². The van der Waals surface area contributed by atoms with Gasteiger partial charge in [0.25, 0.3) is 0 Å². The van der Waals surface area contributed by atoms with Gasteiger partial charge in [-0.15, -0.1) is 0 Å². The van der Waals surface area contributed by atoms with Crippen molar-refractivity contribution in [1.82, 2.24) is 9.80 Å². The van der Waals surface area contributed by atoms with Crippen LogP contribution in [0.3, 0.4) is 0 Å². The number of nitrogens with zero attached hydrogens (tertiary/aromatic N) is 2. The zero-order valence-electron chi connectivity index (χ0n) is 14.2. The molecule has 0 aromatic heterocycles. The summed E-state index contributed by atoms with van der Waals surface area (Å²) in [5.74, 6) is 0. The van der Waals surface area contributed by atoms with Crippen LogP contribution in [0.15, 0.2) is 60.7 Å². The summed E-state index contributed by atoms with van der Waals surface area (Å²) in [5, 5.41) is 0. The number of hydrogen-bond acceptors (Lipinski definition) is 2. The van der Waals surface area contributed by atoms with Gasteiger partial charge in [-0.1, -0.05) is 60.7 Å². The summed E-state index contributed by atoms with van der Waals surface area (Å²) in [6.45, 7) is 4.59. The van der Waals surface area contributed by atoms with E-state index >= 15 is 0 Å². The summed E-state index contributed by atoms with van der Waals surface area (Å²) in [4.78, 5) is 5.10. The topological polar surface area (TPSA) is 6.48 Å². The quantitative estimate of drug-likeness (QED) is 0.841. The predicted octanol–water partition coefficient (Wildman–Crippen LogP) is 3.14. The lowest BCUT2D eigenvalue weighted by Crippen LogP contribution is -2.66. The smallest absolute Gasteiger partial charge is 0.0216 e. The van der Waals surface area contributed by atoms with Gasteiger partial charge in [0, 0.05) is 37.0 Å². The van der Waals surface area contributed by atoms with Gasteiger partial charge in [-0.05, 0) is 31.6 Å². The van der Waals surface area contributed by atoms with Crippen molar-refractivity contribution in [3.8, 4) is 0 Å². The molecule has 2 aliphatic heterocycles. The molecule has 2 saturated heterocycles. The highest BCUT2D eigenvalue weighted by Gasteiger charge is 2.52. The Balaban J connectivity index is 1.83. The van der Waals surface area contributed by atoms with E-state index in [1.165, 1.54) is 17.5 Å². The first-order valence-electron chi connectivity index (χ1n) is 8.60. The van der Waals surface area contributed by atoms with E-state index in [1.807, 2.05) is 0 Å². The molecule has 2 fully saturated rings. The minimum absolute atomic E-state index is 0.233. The maximum absolute atomic E-state index is 2.55. The Kier molecular flexibility index (Phi) is 3.55. The lowest BCUT2D eigenvalue weighted by molar-refractivity contribution is 0.00765. The maximum Gasteiger partial charge on any atom is 0.0216 e. The maximum atomic E-state index is 2.55. The molecule has 2 heterocycles.